The zero-order chi connectivity index (χ0) is 8.81. The molecule has 0 aliphatic rings. The molecule has 0 saturated heterocycles. The summed E-state index contributed by atoms with van der Waals surface area (Å²) < 4.78 is 0. The number of hydrogen-bond acceptors (Lipinski definition) is 4. The molecular formula is C8H14N2S2. The summed E-state index contributed by atoms with van der Waals surface area (Å²) in [5.41, 5.74) is 3.03. The molecule has 1 atom stereocenters. The summed E-state index contributed by atoms with van der Waals surface area (Å²) in [6.07, 6.45) is 2.12. The number of hydrogen-bond donors (Lipinski definition) is 1. The van der Waals surface area contributed by atoms with E-state index in [9.17, 15) is 0 Å². The Hall–Kier alpha value is -0.0600. The molecule has 4 heteroatoms. The van der Waals surface area contributed by atoms with Crippen LogP contribution in [-0.4, -0.2) is 23.5 Å². The molecule has 0 fully saturated rings. The van der Waals surface area contributed by atoms with Crippen LogP contribution in [0.3, 0.4) is 0 Å². The molecule has 2 nitrogen and oxygen atoms in total. The molecule has 0 aliphatic carbocycles. The van der Waals surface area contributed by atoms with Crippen molar-refractivity contribution < 1.29 is 0 Å². The summed E-state index contributed by atoms with van der Waals surface area (Å²) in [5.74, 6) is 1.16. The van der Waals surface area contributed by atoms with Crippen LogP contribution in [0.2, 0.25) is 0 Å². The minimum atomic E-state index is 0.392. The molecule has 0 aliphatic heterocycles. The molecule has 0 radical (unpaired) electrons. The van der Waals surface area contributed by atoms with Gasteiger partial charge in [0.15, 0.2) is 0 Å². The summed E-state index contributed by atoms with van der Waals surface area (Å²) in [6.45, 7) is 3.20. The van der Waals surface area contributed by atoms with Crippen LogP contribution in [0.15, 0.2) is 10.9 Å². The number of thioether (sulfide) groups is 1. The first-order valence-electron chi connectivity index (χ1n) is 3.95. The molecule has 1 heterocycles. The summed E-state index contributed by atoms with van der Waals surface area (Å²) in [6, 6.07) is 0.392. The van der Waals surface area contributed by atoms with Gasteiger partial charge >= 0.3 is 0 Å². The van der Waals surface area contributed by atoms with Gasteiger partial charge in [-0.25, -0.2) is 4.98 Å². The average Bonchev–Trinajstić information content (AvgIpc) is 2.56. The zero-order valence-corrected chi connectivity index (χ0v) is 9.04. The summed E-state index contributed by atoms with van der Waals surface area (Å²) >= 11 is 3.51. The fourth-order valence-corrected chi connectivity index (χ4v) is 1.89. The molecular weight excluding hydrogens is 188 g/mol. The predicted molar refractivity (Wildman–Crippen MR) is 56.9 cm³/mol. The van der Waals surface area contributed by atoms with E-state index in [1.54, 1.807) is 11.3 Å². The van der Waals surface area contributed by atoms with Crippen molar-refractivity contribution in [2.75, 3.05) is 18.6 Å². The van der Waals surface area contributed by atoms with Gasteiger partial charge in [0, 0.05) is 23.7 Å². The van der Waals surface area contributed by atoms with E-state index in [2.05, 4.69) is 28.9 Å². The van der Waals surface area contributed by atoms with Gasteiger partial charge in [0.05, 0.1) is 11.2 Å². The van der Waals surface area contributed by atoms with E-state index in [-0.39, 0.29) is 0 Å². The first-order chi connectivity index (χ1) is 5.84. The largest absolute Gasteiger partial charge is 0.308 e. The Kier molecular flexibility index (Phi) is 4.65. The average molecular weight is 202 g/mol. The number of rotatable bonds is 5. The van der Waals surface area contributed by atoms with Crippen LogP contribution in [0.4, 0.5) is 0 Å². The third-order valence-electron chi connectivity index (χ3n) is 1.65. The predicted octanol–water partition coefficient (Wildman–Crippen LogP) is 2.16. The lowest BCUT2D eigenvalue weighted by molar-refractivity contribution is 0.589. The summed E-state index contributed by atoms with van der Waals surface area (Å²) in [4.78, 5) is 4.24. The normalized spacial score (nSPS) is 13.2. The molecule has 0 saturated carbocycles. The van der Waals surface area contributed by atoms with Crippen molar-refractivity contribution in [3.8, 4) is 0 Å². The SMILES string of the molecule is CSCCNC(C)c1cscn1. The maximum Gasteiger partial charge on any atom is 0.0795 e. The number of thiazole rings is 1. The van der Waals surface area contributed by atoms with E-state index < -0.39 is 0 Å². The van der Waals surface area contributed by atoms with Crippen molar-refractivity contribution in [2.45, 2.75) is 13.0 Å². The van der Waals surface area contributed by atoms with E-state index in [1.807, 2.05) is 17.3 Å². The van der Waals surface area contributed by atoms with Crippen LogP contribution in [0.5, 0.6) is 0 Å². The van der Waals surface area contributed by atoms with Gasteiger partial charge < -0.3 is 5.32 Å². The Morgan fingerprint density at radius 3 is 3.17 bits per heavy atom. The second-order valence-corrected chi connectivity index (χ2v) is 4.29. The first kappa shape index (κ1) is 10.0. The van der Waals surface area contributed by atoms with Crippen molar-refractivity contribution in [1.29, 1.82) is 0 Å². The molecule has 0 aromatic carbocycles. The van der Waals surface area contributed by atoms with Gasteiger partial charge in [0.25, 0.3) is 0 Å². The zero-order valence-electron chi connectivity index (χ0n) is 7.41. The standard InChI is InChI=1S/C8H14N2S2/c1-7(9-3-4-11-2)8-5-12-6-10-8/h5-7,9H,3-4H2,1-2H3. The molecule has 0 bridgehead atoms. The quantitative estimate of drug-likeness (QED) is 0.741. The highest BCUT2D eigenvalue weighted by molar-refractivity contribution is 7.98. The highest BCUT2D eigenvalue weighted by atomic mass is 32.2. The van der Waals surface area contributed by atoms with E-state index in [0.29, 0.717) is 6.04 Å². The van der Waals surface area contributed by atoms with Crippen molar-refractivity contribution in [3.05, 3.63) is 16.6 Å². The smallest absolute Gasteiger partial charge is 0.0795 e. The molecule has 1 aromatic heterocycles. The van der Waals surface area contributed by atoms with E-state index in [4.69, 9.17) is 0 Å². The lowest BCUT2D eigenvalue weighted by Gasteiger charge is -2.09. The Morgan fingerprint density at radius 1 is 1.75 bits per heavy atom. The summed E-state index contributed by atoms with van der Waals surface area (Å²) in [7, 11) is 0. The van der Waals surface area contributed by atoms with Crippen molar-refractivity contribution >= 4 is 23.1 Å². The van der Waals surface area contributed by atoms with Gasteiger partial charge in [-0.1, -0.05) is 0 Å². The van der Waals surface area contributed by atoms with Crippen LogP contribution in [-0.2, 0) is 0 Å². The van der Waals surface area contributed by atoms with E-state index >= 15 is 0 Å². The molecule has 0 amide bonds. The van der Waals surface area contributed by atoms with Gasteiger partial charge in [-0.2, -0.15) is 11.8 Å². The second-order valence-electron chi connectivity index (χ2n) is 2.58. The van der Waals surface area contributed by atoms with Gasteiger partial charge in [0.2, 0.25) is 0 Å². The topological polar surface area (TPSA) is 24.9 Å². The second kappa shape index (κ2) is 5.56. The van der Waals surface area contributed by atoms with Crippen LogP contribution < -0.4 is 5.32 Å². The Bertz CT molecular complexity index is 199. The minimum absolute atomic E-state index is 0.392. The van der Waals surface area contributed by atoms with Crippen molar-refractivity contribution in [1.82, 2.24) is 10.3 Å². The monoisotopic (exact) mass is 202 g/mol. The Labute approximate surface area is 81.8 Å². The molecule has 1 aromatic rings. The van der Waals surface area contributed by atoms with Gasteiger partial charge in [-0.15, -0.1) is 11.3 Å². The van der Waals surface area contributed by atoms with Crippen molar-refractivity contribution in [3.63, 3.8) is 0 Å². The first-order valence-corrected chi connectivity index (χ1v) is 6.28. The van der Waals surface area contributed by atoms with Crippen LogP contribution in [0.25, 0.3) is 0 Å². The highest BCUT2D eigenvalue weighted by Gasteiger charge is 2.04. The highest BCUT2D eigenvalue weighted by Crippen LogP contribution is 2.11. The minimum Gasteiger partial charge on any atom is -0.308 e. The van der Waals surface area contributed by atoms with Crippen LogP contribution >= 0.6 is 23.1 Å². The maximum absolute atomic E-state index is 4.24. The van der Waals surface area contributed by atoms with E-state index in [0.717, 1.165) is 18.0 Å². The Morgan fingerprint density at radius 2 is 2.58 bits per heavy atom. The van der Waals surface area contributed by atoms with E-state index in [1.165, 1.54) is 0 Å². The molecule has 1 N–H and O–H groups in total. The third kappa shape index (κ3) is 3.13. The van der Waals surface area contributed by atoms with Crippen molar-refractivity contribution in [2.24, 2.45) is 0 Å². The number of nitrogens with one attached hydrogen (secondary N) is 1. The summed E-state index contributed by atoms with van der Waals surface area (Å²) in [5, 5.41) is 5.50. The maximum atomic E-state index is 4.24. The Balaban J connectivity index is 2.25. The molecule has 68 valence electrons. The third-order valence-corrected chi connectivity index (χ3v) is 2.87. The number of nitrogens with zero attached hydrogens (tertiary/aromatic N) is 1. The fourth-order valence-electron chi connectivity index (χ4n) is 0.918. The van der Waals surface area contributed by atoms with Gasteiger partial charge in [-0.05, 0) is 13.2 Å². The molecule has 1 unspecified atom stereocenters. The lowest BCUT2D eigenvalue weighted by Crippen LogP contribution is -2.21. The van der Waals surface area contributed by atoms with Crippen LogP contribution in [0.1, 0.15) is 18.7 Å². The molecule has 1 rings (SSSR count). The lowest BCUT2D eigenvalue weighted by atomic mass is 10.3. The molecule has 0 spiro atoms. The number of aromatic nitrogens is 1. The van der Waals surface area contributed by atoms with Gasteiger partial charge in [-0.3, -0.25) is 0 Å². The molecule has 12 heavy (non-hydrogen) atoms. The van der Waals surface area contributed by atoms with Gasteiger partial charge in [0.1, 0.15) is 0 Å². The van der Waals surface area contributed by atoms with Crippen LogP contribution in [0, 0.1) is 0 Å². The fraction of sp³-hybridized carbons (Fsp3) is 0.625.